The summed E-state index contributed by atoms with van der Waals surface area (Å²) in [5.74, 6) is 0.914. The smallest absolute Gasteiger partial charge is 0.119 e. The third-order valence-corrected chi connectivity index (χ3v) is 6.36. The average Bonchev–Trinajstić information content (AvgIpc) is 2.90. The van der Waals surface area contributed by atoms with Crippen molar-refractivity contribution >= 4 is 11.1 Å². The first kappa shape index (κ1) is 24.5. The molecule has 0 unspecified atom stereocenters. The molecular formula is C33H35NO. The molecule has 0 aliphatic carbocycles. The summed E-state index contributed by atoms with van der Waals surface area (Å²) in [7, 11) is 1.94. The second-order valence-corrected chi connectivity index (χ2v) is 8.86. The van der Waals surface area contributed by atoms with Crippen molar-refractivity contribution in [2.45, 2.75) is 26.7 Å². The molecule has 0 spiro atoms. The highest BCUT2D eigenvalue weighted by atomic mass is 16.5. The minimum absolute atomic E-state index is 0.658. The minimum atomic E-state index is 0.658. The molecule has 178 valence electrons. The largest absolute Gasteiger partial charge is 0.492 e. The van der Waals surface area contributed by atoms with Gasteiger partial charge in [-0.15, -0.1) is 0 Å². The van der Waals surface area contributed by atoms with Gasteiger partial charge < -0.3 is 10.1 Å². The summed E-state index contributed by atoms with van der Waals surface area (Å²) in [4.78, 5) is 0. The lowest BCUT2D eigenvalue weighted by Gasteiger charge is -2.19. The van der Waals surface area contributed by atoms with E-state index in [0.29, 0.717) is 6.61 Å². The van der Waals surface area contributed by atoms with E-state index in [1.807, 2.05) is 7.05 Å². The zero-order valence-electron chi connectivity index (χ0n) is 21.1. The second kappa shape index (κ2) is 12.2. The predicted molar refractivity (Wildman–Crippen MR) is 149 cm³/mol. The Morgan fingerprint density at radius 2 is 1.40 bits per heavy atom. The third kappa shape index (κ3) is 6.29. The lowest BCUT2D eigenvalue weighted by atomic mass is 9.86. The van der Waals surface area contributed by atoms with Crippen molar-refractivity contribution in [3.63, 3.8) is 0 Å². The molecule has 0 aliphatic rings. The number of benzene rings is 4. The number of nitrogens with one attached hydrogen (secondary N) is 1. The quantitative estimate of drug-likeness (QED) is 0.194. The number of aryl methyl sites for hydroxylation is 1. The van der Waals surface area contributed by atoms with Crippen molar-refractivity contribution < 1.29 is 4.74 Å². The highest BCUT2D eigenvalue weighted by Gasteiger charge is 2.15. The van der Waals surface area contributed by atoms with Gasteiger partial charge in [-0.05, 0) is 83.5 Å². The molecule has 4 rings (SSSR count). The van der Waals surface area contributed by atoms with Gasteiger partial charge in [-0.2, -0.15) is 0 Å². The molecule has 0 atom stereocenters. The molecule has 0 fully saturated rings. The number of rotatable bonds is 10. The molecule has 4 aromatic rings. The van der Waals surface area contributed by atoms with E-state index in [0.717, 1.165) is 25.1 Å². The monoisotopic (exact) mass is 461 g/mol. The van der Waals surface area contributed by atoms with Crippen molar-refractivity contribution in [2.75, 3.05) is 20.2 Å². The Morgan fingerprint density at radius 1 is 0.743 bits per heavy atom. The molecule has 0 aliphatic heterocycles. The van der Waals surface area contributed by atoms with Crippen molar-refractivity contribution in [1.29, 1.82) is 0 Å². The van der Waals surface area contributed by atoms with Crippen LogP contribution in [0.5, 0.6) is 5.75 Å². The Labute approximate surface area is 210 Å². The molecule has 2 nitrogen and oxygen atoms in total. The van der Waals surface area contributed by atoms with Gasteiger partial charge in [0, 0.05) is 6.54 Å². The standard InChI is InChI=1S/C33H35NO/c1-4-31(28-13-9-6-10-14-28)33(32-20-19-30(23-25(32)2)35-22-21-34-3)29-17-15-27(16-18-29)24-26-11-7-5-8-12-26/h5-20,23,34H,4,21-22,24H2,1-3H3/b33-31-. The molecular weight excluding hydrogens is 426 g/mol. The van der Waals surface area contributed by atoms with Gasteiger partial charge in [-0.3, -0.25) is 0 Å². The van der Waals surface area contributed by atoms with Crippen molar-refractivity contribution in [3.8, 4) is 5.75 Å². The topological polar surface area (TPSA) is 21.3 Å². The molecule has 0 saturated heterocycles. The van der Waals surface area contributed by atoms with Crippen LogP contribution in [0.1, 0.15) is 46.7 Å². The number of allylic oxidation sites excluding steroid dienone is 1. The van der Waals surface area contributed by atoms with Crippen LogP contribution in [0.2, 0.25) is 0 Å². The summed E-state index contributed by atoms with van der Waals surface area (Å²) >= 11 is 0. The Hall–Kier alpha value is -3.62. The maximum absolute atomic E-state index is 5.93. The van der Waals surface area contributed by atoms with E-state index in [1.165, 1.54) is 44.5 Å². The van der Waals surface area contributed by atoms with Gasteiger partial charge in [0.05, 0.1) is 0 Å². The van der Waals surface area contributed by atoms with Crippen LogP contribution in [0.4, 0.5) is 0 Å². The van der Waals surface area contributed by atoms with Gasteiger partial charge in [0.1, 0.15) is 12.4 Å². The zero-order valence-corrected chi connectivity index (χ0v) is 21.1. The van der Waals surface area contributed by atoms with Gasteiger partial charge in [0.15, 0.2) is 0 Å². The summed E-state index contributed by atoms with van der Waals surface area (Å²) in [6.45, 7) is 5.92. The van der Waals surface area contributed by atoms with Crippen LogP contribution in [-0.2, 0) is 6.42 Å². The van der Waals surface area contributed by atoms with Gasteiger partial charge in [0.2, 0.25) is 0 Å². The number of hydrogen-bond acceptors (Lipinski definition) is 2. The number of ether oxygens (including phenoxy) is 1. The molecule has 0 amide bonds. The summed E-state index contributed by atoms with van der Waals surface area (Å²) in [6, 6.07) is 37.0. The molecule has 4 aromatic carbocycles. The lowest BCUT2D eigenvalue weighted by molar-refractivity contribution is 0.318. The van der Waals surface area contributed by atoms with Crippen LogP contribution in [-0.4, -0.2) is 20.2 Å². The molecule has 2 heteroatoms. The van der Waals surface area contributed by atoms with E-state index in [2.05, 4.69) is 122 Å². The maximum Gasteiger partial charge on any atom is 0.119 e. The highest BCUT2D eigenvalue weighted by molar-refractivity contribution is 5.99. The Morgan fingerprint density at radius 3 is 2.03 bits per heavy atom. The Kier molecular flexibility index (Phi) is 8.53. The average molecular weight is 462 g/mol. The van der Waals surface area contributed by atoms with E-state index in [-0.39, 0.29) is 0 Å². The molecule has 0 radical (unpaired) electrons. The minimum Gasteiger partial charge on any atom is -0.492 e. The van der Waals surface area contributed by atoms with Crippen LogP contribution in [0.15, 0.2) is 103 Å². The van der Waals surface area contributed by atoms with E-state index in [1.54, 1.807) is 0 Å². The molecule has 0 aromatic heterocycles. The van der Waals surface area contributed by atoms with Gasteiger partial charge >= 0.3 is 0 Å². The SMILES string of the molecule is CC/C(=C(\c1ccc(Cc2ccccc2)cc1)c1ccc(OCCNC)cc1C)c1ccccc1. The second-order valence-electron chi connectivity index (χ2n) is 8.86. The Bertz CT molecular complexity index is 1240. The van der Waals surface area contributed by atoms with E-state index in [4.69, 9.17) is 4.74 Å². The van der Waals surface area contributed by atoms with E-state index >= 15 is 0 Å². The summed E-state index contributed by atoms with van der Waals surface area (Å²) in [5, 5.41) is 3.13. The van der Waals surface area contributed by atoms with Crippen LogP contribution in [0.3, 0.4) is 0 Å². The van der Waals surface area contributed by atoms with Crippen LogP contribution >= 0.6 is 0 Å². The van der Waals surface area contributed by atoms with Gasteiger partial charge in [0.25, 0.3) is 0 Å². The zero-order chi connectivity index (χ0) is 24.5. The predicted octanol–water partition coefficient (Wildman–Crippen LogP) is 7.55. The van der Waals surface area contributed by atoms with Crippen molar-refractivity contribution in [1.82, 2.24) is 5.32 Å². The first-order valence-corrected chi connectivity index (χ1v) is 12.5. The first-order chi connectivity index (χ1) is 17.2. The van der Waals surface area contributed by atoms with Crippen molar-refractivity contribution in [2.24, 2.45) is 0 Å². The van der Waals surface area contributed by atoms with Crippen molar-refractivity contribution in [3.05, 3.63) is 137 Å². The maximum atomic E-state index is 5.93. The summed E-state index contributed by atoms with van der Waals surface area (Å²) in [6.07, 6.45) is 1.89. The van der Waals surface area contributed by atoms with Crippen LogP contribution < -0.4 is 10.1 Å². The lowest BCUT2D eigenvalue weighted by Crippen LogP contribution is -2.16. The number of hydrogen-bond donors (Lipinski definition) is 1. The van der Waals surface area contributed by atoms with E-state index in [9.17, 15) is 0 Å². The van der Waals surface area contributed by atoms with E-state index < -0.39 is 0 Å². The highest BCUT2D eigenvalue weighted by Crippen LogP contribution is 2.37. The molecule has 0 saturated carbocycles. The molecule has 35 heavy (non-hydrogen) atoms. The summed E-state index contributed by atoms with van der Waals surface area (Å²) in [5.41, 5.74) is 10.3. The first-order valence-electron chi connectivity index (χ1n) is 12.5. The molecule has 1 N–H and O–H groups in total. The molecule has 0 bridgehead atoms. The molecule has 0 heterocycles. The van der Waals surface area contributed by atoms with Gasteiger partial charge in [-0.25, -0.2) is 0 Å². The van der Waals surface area contributed by atoms with Crippen LogP contribution in [0.25, 0.3) is 11.1 Å². The fourth-order valence-electron chi connectivity index (χ4n) is 4.56. The van der Waals surface area contributed by atoms with Gasteiger partial charge in [-0.1, -0.05) is 97.9 Å². The normalized spacial score (nSPS) is 11.7. The fourth-order valence-corrected chi connectivity index (χ4v) is 4.56. The number of likely N-dealkylation sites (N-methyl/N-ethyl adjacent to an activating group) is 1. The fraction of sp³-hybridized carbons (Fsp3) is 0.212. The van der Waals surface area contributed by atoms with Crippen LogP contribution in [0, 0.1) is 6.92 Å². The summed E-state index contributed by atoms with van der Waals surface area (Å²) < 4.78 is 5.93. The third-order valence-electron chi connectivity index (χ3n) is 6.36. The Balaban J connectivity index is 1.75.